The Morgan fingerprint density at radius 1 is 1.37 bits per heavy atom. The zero-order chi connectivity index (χ0) is 13.7. The fraction of sp³-hybridized carbons (Fsp3) is 0.625. The zero-order valence-corrected chi connectivity index (χ0v) is 13.1. The van der Waals surface area contributed by atoms with Gasteiger partial charge < -0.3 is 10.1 Å². The number of benzene rings is 1. The summed E-state index contributed by atoms with van der Waals surface area (Å²) in [5.74, 6) is 2.25. The van der Waals surface area contributed by atoms with Crippen molar-refractivity contribution in [1.29, 1.82) is 0 Å². The molecule has 1 aliphatic rings. The molecule has 2 atom stereocenters. The molecule has 0 aliphatic carbocycles. The molecule has 106 valence electrons. The first-order chi connectivity index (χ1) is 9.22. The minimum Gasteiger partial charge on any atom is -0.375 e. The molecule has 1 heterocycles. The van der Waals surface area contributed by atoms with E-state index in [2.05, 4.69) is 44.3 Å². The van der Waals surface area contributed by atoms with Crippen molar-refractivity contribution in [2.45, 2.75) is 39.3 Å². The average Bonchev–Trinajstić information content (AvgIpc) is 2.43. The van der Waals surface area contributed by atoms with E-state index >= 15 is 0 Å². The predicted octanol–water partition coefficient (Wildman–Crippen LogP) is 2.96. The van der Waals surface area contributed by atoms with Crippen LogP contribution in [0.5, 0.6) is 0 Å². The lowest BCUT2D eigenvalue weighted by Gasteiger charge is -2.31. The van der Waals surface area contributed by atoms with Gasteiger partial charge >= 0.3 is 0 Å². The summed E-state index contributed by atoms with van der Waals surface area (Å²) in [7, 11) is 0. The molecule has 0 spiro atoms. The van der Waals surface area contributed by atoms with Crippen molar-refractivity contribution >= 4 is 11.8 Å². The van der Waals surface area contributed by atoms with E-state index < -0.39 is 0 Å². The molecule has 1 aliphatic heterocycles. The Bertz CT molecular complexity index is 381. The van der Waals surface area contributed by atoms with Gasteiger partial charge in [-0.3, -0.25) is 0 Å². The van der Waals surface area contributed by atoms with Crippen molar-refractivity contribution in [2.75, 3.05) is 24.7 Å². The number of likely N-dealkylation sites (N-methyl/N-ethyl adjacent to an activating group) is 1. The number of ether oxygens (including phenoxy) is 1. The van der Waals surface area contributed by atoms with Gasteiger partial charge in [0.25, 0.3) is 0 Å². The molecule has 0 bridgehead atoms. The largest absolute Gasteiger partial charge is 0.375 e. The van der Waals surface area contributed by atoms with Crippen molar-refractivity contribution in [3.05, 3.63) is 34.9 Å². The standard InChI is InChI=1S/C16H25NOS/c1-4-17-15(16-11-19-9-8-18-16)10-14-12(2)6-5-7-13(14)3/h5-7,15-17H,4,8-11H2,1-3H3. The highest BCUT2D eigenvalue weighted by Crippen LogP contribution is 2.21. The molecule has 1 fully saturated rings. The van der Waals surface area contributed by atoms with Crippen LogP contribution in [0.4, 0.5) is 0 Å². The Labute approximate surface area is 121 Å². The maximum Gasteiger partial charge on any atom is 0.0821 e. The molecule has 1 saturated heterocycles. The second kappa shape index (κ2) is 7.32. The van der Waals surface area contributed by atoms with Gasteiger partial charge in [-0.25, -0.2) is 0 Å². The van der Waals surface area contributed by atoms with Crippen LogP contribution < -0.4 is 5.32 Å². The Kier molecular flexibility index (Phi) is 5.74. The van der Waals surface area contributed by atoms with Crippen molar-refractivity contribution in [3.8, 4) is 0 Å². The number of hydrogen-bond acceptors (Lipinski definition) is 3. The van der Waals surface area contributed by atoms with Crippen LogP contribution >= 0.6 is 11.8 Å². The topological polar surface area (TPSA) is 21.3 Å². The lowest BCUT2D eigenvalue weighted by molar-refractivity contribution is 0.0475. The van der Waals surface area contributed by atoms with E-state index in [1.807, 2.05) is 11.8 Å². The molecule has 2 nitrogen and oxygen atoms in total. The van der Waals surface area contributed by atoms with Crippen LogP contribution in [0, 0.1) is 13.8 Å². The van der Waals surface area contributed by atoms with E-state index in [9.17, 15) is 0 Å². The Balaban J connectivity index is 2.11. The van der Waals surface area contributed by atoms with Gasteiger partial charge in [0.05, 0.1) is 12.7 Å². The smallest absolute Gasteiger partial charge is 0.0821 e. The fourth-order valence-electron chi connectivity index (χ4n) is 2.73. The maximum absolute atomic E-state index is 5.96. The molecule has 0 amide bonds. The van der Waals surface area contributed by atoms with Crippen molar-refractivity contribution in [2.24, 2.45) is 0 Å². The van der Waals surface area contributed by atoms with E-state index in [1.54, 1.807) is 0 Å². The van der Waals surface area contributed by atoms with Gasteiger partial charge in [-0.2, -0.15) is 11.8 Å². The highest BCUT2D eigenvalue weighted by Gasteiger charge is 2.25. The fourth-order valence-corrected chi connectivity index (χ4v) is 3.67. The van der Waals surface area contributed by atoms with Crippen molar-refractivity contribution in [1.82, 2.24) is 5.32 Å². The Morgan fingerprint density at radius 3 is 2.68 bits per heavy atom. The first kappa shape index (κ1) is 14.9. The molecule has 1 aromatic carbocycles. The number of rotatable bonds is 5. The summed E-state index contributed by atoms with van der Waals surface area (Å²) in [6.45, 7) is 8.49. The second-order valence-corrected chi connectivity index (χ2v) is 6.37. The SMILES string of the molecule is CCNC(Cc1c(C)cccc1C)C1CSCCO1. The first-order valence-electron chi connectivity index (χ1n) is 7.20. The zero-order valence-electron chi connectivity index (χ0n) is 12.2. The lowest BCUT2D eigenvalue weighted by Crippen LogP contribution is -2.46. The molecule has 2 rings (SSSR count). The molecular weight excluding hydrogens is 254 g/mol. The van der Waals surface area contributed by atoms with Crippen LogP contribution in [-0.2, 0) is 11.2 Å². The molecule has 2 unspecified atom stereocenters. The van der Waals surface area contributed by atoms with Crippen LogP contribution in [0.1, 0.15) is 23.6 Å². The third-order valence-corrected chi connectivity index (χ3v) is 4.84. The van der Waals surface area contributed by atoms with E-state index in [0.29, 0.717) is 12.1 Å². The van der Waals surface area contributed by atoms with Crippen LogP contribution in [0.15, 0.2) is 18.2 Å². The summed E-state index contributed by atoms with van der Waals surface area (Å²) in [5.41, 5.74) is 4.27. The highest BCUT2D eigenvalue weighted by atomic mass is 32.2. The third kappa shape index (κ3) is 3.98. The summed E-state index contributed by atoms with van der Waals surface area (Å²) >= 11 is 2.01. The summed E-state index contributed by atoms with van der Waals surface area (Å²) < 4.78 is 5.96. The molecule has 19 heavy (non-hydrogen) atoms. The van der Waals surface area contributed by atoms with Crippen LogP contribution in [0.3, 0.4) is 0 Å². The van der Waals surface area contributed by atoms with Crippen LogP contribution in [-0.4, -0.2) is 36.8 Å². The Hall–Kier alpha value is -0.510. The summed E-state index contributed by atoms with van der Waals surface area (Å²) in [5, 5.41) is 3.62. The quantitative estimate of drug-likeness (QED) is 0.895. The number of hydrogen-bond donors (Lipinski definition) is 1. The van der Waals surface area contributed by atoms with Crippen LogP contribution in [0.25, 0.3) is 0 Å². The number of thioether (sulfide) groups is 1. The van der Waals surface area contributed by atoms with Gasteiger partial charge in [0, 0.05) is 17.5 Å². The molecule has 1 N–H and O–H groups in total. The predicted molar refractivity (Wildman–Crippen MR) is 84.1 cm³/mol. The summed E-state index contributed by atoms with van der Waals surface area (Å²) in [4.78, 5) is 0. The lowest BCUT2D eigenvalue weighted by atomic mass is 9.94. The van der Waals surface area contributed by atoms with Gasteiger partial charge in [-0.05, 0) is 43.5 Å². The van der Waals surface area contributed by atoms with Crippen molar-refractivity contribution < 1.29 is 4.74 Å². The summed E-state index contributed by atoms with van der Waals surface area (Å²) in [6, 6.07) is 6.99. The highest BCUT2D eigenvalue weighted by molar-refractivity contribution is 7.99. The minimum absolute atomic E-state index is 0.345. The molecule has 0 aromatic heterocycles. The van der Waals surface area contributed by atoms with Crippen molar-refractivity contribution in [3.63, 3.8) is 0 Å². The minimum atomic E-state index is 0.345. The molecular formula is C16H25NOS. The van der Waals surface area contributed by atoms with Crippen LogP contribution in [0.2, 0.25) is 0 Å². The van der Waals surface area contributed by atoms with Gasteiger partial charge in [-0.1, -0.05) is 25.1 Å². The molecule has 0 saturated carbocycles. The second-order valence-electron chi connectivity index (χ2n) is 5.22. The van der Waals surface area contributed by atoms with Gasteiger partial charge in [0.1, 0.15) is 0 Å². The Morgan fingerprint density at radius 2 is 2.11 bits per heavy atom. The number of nitrogens with one attached hydrogen (secondary N) is 1. The van der Waals surface area contributed by atoms with Gasteiger partial charge in [0.2, 0.25) is 0 Å². The van der Waals surface area contributed by atoms with E-state index in [4.69, 9.17) is 4.74 Å². The third-order valence-electron chi connectivity index (χ3n) is 3.83. The van der Waals surface area contributed by atoms with Gasteiger partial charge in [-0.15, -0.1) is 0 Å². The number of aryl methyl sites for hydroxylation is 2. The van der Waals surface area contributed by atoms with Gasteiger partial charge in [0.15, 0.2) is 0 Å². The molecule has 1 aromatic rings. The van der Waals surface area contributed by atoms with E-state index in [1.165, 1.54) is 16.7 Å². The molecule has 0 radical (unpaired) electrons. The average molecular weight is 279 g/mol. The van der Waals surface area contributed by atoms with E-state index in [-0.39, 0.29) is 0 Å². The first-order valence-corrected chi connectivity index (χ1v) is 8.35. The summed E-state index contributed by atoms with van der Waals surface area (Å²) in [6.07, 6.45) is 1.41. The van der Waals surface area contributed by atoms with E-state index in [0.717, 1.165) is 31.1 Å². The normalized spacial score (nSPS) is 21.3. The monoisotopic (exact) mass is 279 g/mol. The maximum atomic E-state index is 5.96. The molecule has 3 heteroatoms.